The fraction of sp³-hybridized carbons (Fsp3) is 0.733. The predicted octanol–water partition coefficient (Wildman–Crippen LogP) is 4.58. The average molecular weight is 301 g/mol. The molecule has 110 valence electrons. The van der Waals surface area contributed by atoms with Crippen molar-refractivity contribution in [2.45, 2.75) is 26.7 Å². The van der Waals surface area contributed by atoms with Crippen LogP contribution in [0.1, 0.15) is 26.7 Å². The Morgan fingerprint density at radius 2 is 1.42 bits per heavy atom. The smallest absolute Gasteiger partial charge is 0.668 e. The molecular formula is C15H31N3Ti. The molecule has 0 aromatic heterocycles. The summed E-state index contributed by atoms with van der Waals surface area (Å²) >= 11 is 0. The molecule has 19 heavy (non-hydrogen) atoms. The molecule has 1 atom stereocenters. The van der Waals surface area contributed by atoms with E-state index < -0.39 is 0 Å². The van der Waals surface area contributed by atoms with Crippen molar-refractivity contribution in [1.82, 2.24) is 0 Å². The van der Waals surface area contributed by atoms with Crippen LogP contribution >= 0.6 is 0 Å². The number of hydrogen-bond donors (Lipinski definition) is 0. The quantitative estimate of drug-likeness (QED) is 0.529. The van der Waals surface area contributed by atoms with Crippen LogP contribution in [0.2, 0.25) is 0 Å². The molecule has 0 radical (unpaired) electrons. The maximum absolute atomic E-state index is 3.50. The first kappa shape index (κ1) is 27.4. The summed E-state index contributed by atoms with van der Waals surface area (Å²) in [5, 5.41) is 10.5. The Morgan fingerprint density at radius 1 is 1.05 bits per heavy atom. The minimum absolute atomic E-state index is 0. The molecule has 1 unspecified atom stereocenters. The van der Waals surface area contributed by atoms with E-state index in [1.54, 1.807) is 42.3 Å². The Balaban J connectivity index is -0.0000000956. The Labute approximate surface area is 136 Å². The van der Waals surface area contributed by atoms with Gasteiger partial charge in [-0.25, -0.2) is 11.6 Å². The van der Waals surface area contributed by atoms with E-state index in [0.717, 1.165) is 6.42 Å². The second-order valence-electron chi connectivity index (χ2n) is 3.89. The van der Waals surface area contributed by atoms with Crippen LogP contribution in [-0.4, -0.2) is 42.3 Å². The van der Waals surface area contributed by atoms with Gasteiger partial charge in [-0.05, 0) is 0 Å². The van der Waals surface area contributed by atoms with E-state index in [9.17, 15) is 0 Å². The molecule has 0 aliphatic heterocycles. The first-order chi connectivity index (χ1) is 8.59. The van der Waals surface area contributed by atoms with Gasteiger partial charge < -0.3 is 16.0 Å². The van der Waals surface area contributed by atoms with Gasteiger partial charge in [-0.1, -0.05) is 26.2 Å². The van der Waals surface area contributed by atoms with Gasteiger partial charge in [0.15, 0.2) is 0 Å². The SMILES string of the molecule is CCC(C)C1=[C-]CC=C1.C[N-]C.C[N-]C.C[N-]C.[Ti+4]. The molecule has 1 rings (SSSR count). The molecule has 0 saturated heterocycles. The van der Waals surface area contributed by atoms with E-state index in [0.29, 0.717) is 5.92 Å². The van der Waals surface area contributed by atoms with Crippen molar-refractivity contribution < 1.29 is 21.7 Å². The zero-order valence-corrected chi connectivity index (χ0v) is 15.5. The van der Waals surface area contributed by atoms with Crippen molar-refractivity contribution in [3.05, 3.63) is 39.8 Å². The maximum atomic E-state index is 3.50. The minimum Gasteiger partial charge on any atom is -0.668 e. The standard InChI is InChI=1S/C9H13.3C2H6N.Ti/c1-3-8(2)9-6-4-5-7-9;3*1-3-2;/h4,6,8H,3,5H2,1-2H3;3*1-2H3;/q4*-1;+4. The summed E-state index contributed by atoms with van der Waals surface area (Å²) in [6.07, 6.45) is 9.93. The number of hydrogen-bond acceptors (Lipinski definition) is 0. The van der Waals surface area contributed by atoms with Crippen LogP contribution < -0.4 is 0 Å². The molecule has 0 bridgehead atoms. The molecule has 0 spiro atoms. The van der Waals surface area contributed by atoms with Gasteiger partial charge in [0.05, 0.1) is 0 Å². The van der Waals surface area contributed by atoms with Gasteiger partial charge in [0.1, 0.15) is 0 Å². The van der Waals surface area contributed by atoms with Crippen molar-refractivity contribution in [3.63, 3.8) is 0 Å². The summed E-state index contributed by atoms with van der Waals surface area (Å²) in [7, 11) is 10.5. The zero-order chi connectivity index (χ0) is 14.8. The normalized spacial score (nSPS) is 12.3. The molecule has 1 aliphatic carbocycles. The minimum atomic E-state index is 0. The molecular weight excluding hydrogens is 270 g/mol. The van der Waals surface area contributed by atoms with Crippen LogP contribution in [0.15, 0.2) is 17.7 Å². The van der Waals surface area contributed by atoms with Gasteiger partial charge in [0.25, 0.3) is 0 Å². The van der Waals surface area contributed by atoms with Crippen LogP contribution in [0, 0.1) is 12.0 Å². The van der Waals surface area contributed by atoms with E-state index in [2.05, 4.69) is 48.0 Å². The van der Waals surface area contributed by atoms with Crippen molar-refractivity contribution >= 4 is 0 Å². The van der Waals surface area contributed by atoms with Gasteiger partial charge in [-0.3, -0.25) is 6.08 Å². The summed E-state index contributed by atoms with van der Waals surface area (Å²) in [4.78, 5) is 0. The second kappa shape index (κ2) is 26.6. The Bertz CT molecular complexity index is 187. The van der Waals surface area contributed by atoms with Crippen molar-refractivity contribution in [1.29, 1.82) is 0 Å². The van der Waals surface area contributed by atoms with Crippen LogP contribution in [0.3, 0.4) is 0 Å². The van der Waals surface area contributed by atoms with Gasteiger partial charge in [0.2, 0.25) is 0 Å². The first-order valence-corrected chi connectivity index (χ1v) is 6.30. The zero-order valence-electron chi connectivity index (χ0n) is 14.0. The molecule has 0 N–H and O–H groups in total. The summed E-state index contributed by atoms with van der Waals surface area (Å²) in [5.74, 6) is 0.712. The summed E-state index contributed by atoms with van der Waals surface area (Å²) in [6, 6.07) is 0. The summed E-state index contributed by atoms with van der Waals surface area (Å²) in [6.45, 7) is 4.46. The fourth-order valence-electron chi connectivity index (χ4n) is 0.980. The largest absolute Gasteiger partial charge is 4.00 e. The van der Waals surface area contributed by atoms with E-state index in [-0.39, 0.29) is 21.7 Å². The fourth-order valence-corrected chi connectivity index (χ4v) is 0.980. The summed E-state index contributed by atoms with van der Waals surface area (Å²) < 4.78 is 0. The van der Waals surface area contributed by atoms with Gasteiger partial charge in [-0.2, -0.15) is 48.4 Å². The number of allylic oxidation sites excluding steroid dienone is 4. The third-order valence-electron chi connectivity index (χ3n) is 1.86. The molecule has 0 aromatic rings. The molecule has 1 aliphatic rings. The second-order valence-corrected chi connectivity index (χ2v) is 3.89. The Kier molecular flexibility index (Phi) is 38.4. The van der Waals surface area contributed by atoms with E-state index in [1.165, 1.54) is 12.0 Å². The van der Waals surface area contributed by atoms with Crippen molar-refractivity contribution in [2.75, 3.05) is 42.3 Å². The monoisotopic (exact) mass is 301 g/mol. The molecule has 0 aromatic carbocycles. The van der Waals surface area contributed by atoms with Gasteiger partial charge in [0, 0.05) is 0 Å². The topological polar surface area (TPSA) is 42.3 Å². The van der Waals surface area contributed by atoms with Crippen LogP contribution in [0.4, 0.5) is 0 Å². The molecule has 0 saturated carbocycles. The van der Waals surface area contributed by atoms with Crippen molar-refractivity contribution in [2.24, 2.45) is 5.92 Å². The van der Waals surface area contributed by atoms with Crippen LogP contribution in [0.5, 0.6) is 0 Å². The van der Waals surface area contributed by atoms with Crippen molar-refractivity contribution in [3.8, 4) is 0 Å². The van der Waals surface area contributed by atoms with E-state index >= 15 is 0 Å². The van der Waals surface area contributed by atoms with Gasteiger partial charge >= 0.3 is 21.7 Å². The third-order valence-corrected chi connectivity index (χ3v) is 1.86. The third kappa shape index (κ3) is 27.3. The van der Waals surface area contributed by atoms with Crippen LogP contribution in [0.25, 0.3) is 16.0 Å². The summed E-state index contributed by atoms with van der Waals surface area (Å²) in [5.41, 5.74) is 1.40. The molecule has 0 heterocycles. The van der Waals surface area contributed by atoms with E-state index in [1.807, 2.05) is 0 Å². The van der Waals surface area contributed by atoms with Crippen LogP contribution in [-0.2, 0) is 21.7 Å². The Morgan fingerprint density at radius 3 is 1.63 bits per heavy atom. The first-order valence-electron chi connectivity index (χ1n) is 6.30. The maximum Gasteiger partial charge on any atom is 4.00 e. The predicted molar refractivity (Wildman–Crippen MR) is 85.6 cm³/mol. The average Bonchev–Trinajstić information content (AvgIpc) is 2.85. The molecule has 3 nitrogen and oxygen atoms in total. The molecule has 0 amide bonds. The Hall–Kier alpha value is 0.0743. The van der Waals surface area contributed by atoms with Gasteiger partial charge in [-0.15, -0.1) is 6.42 Å². The number of rotatable bonds is 2. The van der Waals surface area contributed by atoms with E-state index in [4.69, 9.17) is 0 Å². The molecule has 0 fully saturated rings. The number of nitrogens with zero attached hydrogens (tertiary/aromatic N) is 3. The molecule has 4 heteroatoms.